The fourth-order valence-electron chi connectivity index (χ4n) is 4.96. The molecule has 0 atom stereocenters. The first-order chi connectivity index (χ1) is 17.2. The van der Waals surface area contributed by atoms with Crippen molar-refractivity contribution in [3.8, 4) is 5.69 Å². The summed E-state index contributed by atoms with van der Waals surface area (Å²) in [4.78, 5) is 15.3. The molecule has 2 aliphatic rings. The predicted molar refractivity (Wildman–Crippen MR) is 145 cm³/mol. The number of anilines is 1. The van der Waals surface area contributed by atoms with Crippen LogP contribution in [0.3, 0.4) is 0 Å². The van der Waals surface area contributed by atoms with Crippen LogP contribution in [0.1, 0.15) is 29.4 Å². The van der Waals surface area contributed by atoms with E-state index in [1.807, 2.05) is 51.1 Å². The molecule has 1 aromatic heterocycles. The first-order valence-electron chi connectivity index (χ1n) is 11.9. The normalized spacial score (nSPS) is 17.7. The third kappa shape index (κ3) is 4.24. The molecule has 2 aliphatic heterocycles. The molecule has 3 heterocycles. The number of ether oxygens (including phenoxy) is 1. The highest BCUT2D eigenvalue weighted by atomic mass is 79.9. The summed E-state index contributed by atoms with van der Waals surface area (Å²) in [6.45, 7) is 7.88. The summed E-state index contributed by atoms with van der Waals surface area (Å²) in [6.07, 6.45) is 1.89. The quantitative estimate of drug-likeness (QED) is 0.414. The van der Waals surface area contributed by atoms with E-state index >= 15 is 0 Å². The van der Waals surface area contributed by atoms with E-state index in [2.05, 4.69) is 26.6 Å². The summed E-state index contributed by atoms with van der Waals surface area (Å²) >= 11 is 3.49. The maximum Gasteiger partial charge on any atom is 0.258 e. The molecule has 1 amide bonds. The van der Waals surface area contributed by atoms with E-state index in [1.54, 1.807) is 23.1 Å². The van der Waals surface area contributed by atoms with Crippen LogP contribution in [-0.4, -0.2) is 56.0 Å². The fourth-order valence-corrected chi connectivity index (χ4v) is 6.66. The molecule has 188 valence electrons. The largest absolute Gasteiger partial charge is 0.379 e. The Morgan fingerprint density at radius 3 is 2.39 bits per heavy atom. The van der Waals surface area contributed by atoms with Crippen molar-refractivity contribution in [2.24, 2.45) is 0 Å². The van der Waals surface area contributed by atoms with Crippen LogP contribution in [-0.2, 0) is 19.6 Å². The molecular formula is C27H28BrN3O4S. The SMILES string of the molecule is CCN1C(=O)/C(=C/c2cc(C)n(-c3ccc(Br)cc3)c2C)c2cc(S(=O)(=O)N3CCOCC3)ccc21. The average Bonchev–Trinajstić information content (AvgIpc) is 3.31. The smallest absolute Gasteiger partial charge is 0.258 e. The second-order valence-electron chi connectivity index (χ2n) is 8.94. The number of sulfonamides is 1. The number of carbonyl (C=O) groups excluding carboxylic acids is 1. The van der Waals surface area contributed by atoms with E-state index in [9.17, 15) is 13.2 Å². The monoisotopic (exact) mass is 569 g/mol. The van der Waals surface area contributed by atoms with Crippen LogP contribution in [0.5, 0.6) is 0 Å². The molecule has 2 aromatic carbocycles. The number of morpholine rings is 1. The number of amides is 1. The Hall–Kier alpha value is -2.72. The minimum atomic E-state index is -3.68. The number of hydrogen-bond acceptors (Lipinski definition) is 4. The number of rotatable bonds is 5. The second kappa shape index (κ2) is 9.63. The van der Waals surface area contributed by atoms with Gasteiger partial charge in [0, 0.05) is 52.3 Å². The Kier molecular flexibility index (Phi) is 6.67. The number of hydrogen-bond donors (Lipinski definition) is 0. The predicted octanol–water partition coefficient (Wildman–Crippen LogP) is 4.78. The summed E-state index contributed by atoms with van der Waals surface area (Å²) in [6, 6.07) is 15.1. The molecule has 0 aliphatic carbocycles. The van der Waals surface area contributed by atoms with Crippen molar-refractivity contribution in [1.82, 2.24) is 8.87 Å². The molecule has 36 heavy (non-hydrogen) atoms. The van der Waals surface area contributed by atoms with Crippen molar-refractivity contribution in [3.63, 3.8) is 0 Å². The summed E-state index contributed by atoms with van der Waals surface area (Å²) in [7, 11) is -3.68. The highest BCUT2D eigenvalue weighted by molar-refractivity contribution is 9.10. The van der Waals surface area contributed by atoms with Gasteiger partial charge in [-0.05, 0) is 80.9 Å². The standard InChI is InChI=1S/C27H28BrN3O4S/c1-4-30-26-10-9-23(36(33,34)29-11-13-35-14-12-29)17-24(26)25(27(30)32)16-20-15-18(2)31(19(20)3)22-7-5-21(28)6-8-22/h5-10,15-17H,4,11-14H2,1-3H3/b25-16+. The Bertz CT molecular complexity index is 1470. The minimum Gasteiger partial charge on any atom is -0.379 e. The summed E-state index contributed by atoms with van der Waals surface area (Å²) in [5.41, 5.74) is 5.88. The lowest BCUT2D eigenvalue weighted by atomic mass is 10.0. The van der Waals surface area contributed by atoms with Gasteiger partial charge in [-0.1, -0.05) is 15.9 Å². The van der Waals surface area contributed by atoms with Gasteiger partial charge < -0.3 is 14.2 Å². The third-order valence-electron chi connectivity index (χ3n) is 6.80. The van der Waals surface area contributed by atoms with Gasteiger partial charge in [-0.15, -0.1) is 0 Å². The van der Waals surface area contributed by atoms with Gasteiger partial charge in [-0.2, -0.15) is 4.31 Å². The van der Waals surface area contributed by atoms with Crippen molar-refractivity contribution in [2.75, 3.05) is 37.7 Å². The topological polar surface area (TPSA) is 71.9 Å². The lowest BCUT2D eigenvalue weighted by molar-refractivity contribution is -0.112. The molecule has 0 saturated carbocycles. The van der Waals surface area contributed by atoms with Crippen LogP contribution < -0.4 is 4.90 Å². The molecule has 0 radical (unpaired) electrons. The van der Waals surface area contributed by atoms with Crippen LogP contribution in [0.4, 0.5) is 5.69 Å². The van der Waals surface area contributed by atoms with Crippen molar-refractivity contribution < 1.29 is 17.9 Å². The Balaban J connectivity index is 1.60. The van der Waals surface area contributed by atoms with E-state index in [0.717, 1.165) is 32.8 Å². The highest BCUT2D eigenvalue weighted by Crippen LogP contribution is 2.40. The van der Waals surface area contributed by atoms with E-state index in [4.69, 9.17) is 4.74 Å². The number of benzene rings is 2. The number of carbonyl (C=O) groups is 1. The zero-order valence-electron chi connectivity index (χ0n) is 20.5. The average molecular weight is 571 g/mol. The fraction of sp³-hybridized carbons (Fsp3) is 0.296. The lowest BCUT2D eigenvalue weighted by Gasteiger charge is -2.26. The van der Waals surface area contributed by atoms with Crippen LogP contribution in [0.2, 0.25) is 0 Å². The maximum atomic E-state index is 13.4. The zero-order valence-corrected chi connectivity index (χ0v) is 22.9. The van der Waals surface area contributed by atoms with Crippen LogP contribution in [0.15, 0.2) is 57.9 Å². The second-order valence-corrected chi connectivity index (χ2v) is 11.8. The van der Waals surface area contributed by atoms with Gasteiger partial charge in [0.25, 0.3) is 5.91 Å². The van der Waals surface area contributed by atoms with Crippen molar-refractivity contribution in [2.45, 2.75) is 25.7 Å². The van der Waals surface area contributed by atoms with Crippen molar-refractivity contribution in [3.05, 3.63) is 75.5 Å². The Labute approximate surface area is 220 Å². The van der Waals surface area contributed by atoms with Gasteiger partial charge >= 0.3 is 0 Å². The molecule has 1 saturated heterocycles. The Morgan fingerprint density at radius 1 is 1.03 bits per heavy atom. The van der Waals surface area contributed by atoms with E-state index in [-0.39, 0.29) is 10.8 Å². The first kappa shape index (κ1) is 25.0. The molecule has 1 fully saturated rings. The summed E-state index contributed by atoms with van der Waals surface area (Å²) in [5, 5.41) is 0. The summed E-state index contributed by atoms with van der Waals surface area (Å²) in [5.74, 6) is -0.123. The minimum absolute atomic E-state index is 0.123. The summed E-state index contributed by atoms with van der Waals surface area (Å²) < 4.78 is 36.5. The molecule has 5 rings (SSSR count). The molecular weight excluding hydrogens is 542 g/mol. The number of nitrogens with zero attached hydrogens (tertiary/aromatic N) is 3. The van der Waals surface area contributed by atoms with E-state index in [0.29, 0.717) is 44.0 Å². The Morgan fingerprint density at radius 2 is 1.72 bits per heavy atom. The number of aryl methyl sites for hydroxylation is 1. The molecule has 0 bridgehead atoms. The van der Waals surface area contributed by atoms with Gasteiger partial charge in [-0.25, -0.2) is 8.42 Å². The molecule has 9 heteroatoms. The van der Waals surface area contributed by atoms with Crippen LogP contribution in [0.25, 0.3) is 17.3 Å². The number of likely N-dealkylation sites (N-methyl/N-ethyl adjacent to an activating group) is 1. The first-order valence-corrected chi connectivity index (χ1v) is 14.2. The van der Waals surface area contributed by atoms with Crippen LogP contribution in [0, 0.1) is 13.8 Å². The van der Waals surface area contributed by atoms with E-state index < -0.39 is 10.0 Å². The van der Waals surface area contributed by atoms with Crippen molar-refractivity contribution >= 4 is 49.2 Å². The number of aromatic nitrogens is 1. The van der Waals surface area contributed by atoms with Gasteiger partial charge in [0.15, 0.2) is 0 Å². The highest BCUT2D eigenvalue weighted by Gasteiger charge is 2.34. The molecule has 0 unspecified atom stereocenters. The van der Waals surface area contributed by atoms with Crippen LogP contribution >= 0.6 is 15.9 Å². The van der Waals surface area contributed by atoms with Crippen molar-refractivity contribution in [1.29, 1.82) is 0 Å². The molecule has 3 aromatic rings. The van der Waals surface area contributed by atoms with Gasteiger partial charge in [0.2, 0.25) is 10.0 Å². The van der Waals surface area contributed by atoms with Gasteiger partial charge in [0.05, 0.1) is 23.8 Å². The zero-order chi connectivity index (χ0) is 25.6. The van der Waals surface area contributed by atoms with Gasteiger partial charge in [0.1, 0.15) is 0 Å². The lowest BCUT2D eigenvalue weighted by Crippen LogP contribution is -2.40. The number of fused-ring (bicyclic) bond motifs is 1. The maximum absolute atomic E-state index is 13.4. The molecule has 0 spiro atoms. The van der Waals surface area contributed by atoms with Gasteiger partial charge in [-0.3, -0.25) is 4.79 Å². The van der Waals surface area contributed by atoms with E-state index in [1.165, 1.54) is 4.31 Å². The molecule has 7 nitrogen and oxygen atoms in total. The molecule has 0 N–H and O–H groups in total. The number of halogens is 1. The third-order valence-corrected chi connectivity index (χ3v) is 9.23.